The minimum atomic E-state index is -0.164. The first kappa shape index (κ1) is 15.5. The lowest BCUT2D eigenvalue weighted by molar-refractivity contribution is -0.0896. The molecule has 2 N–H and O–H groups in total. The van der Waals surface area contributed by atoms with Gasteiger partial charge in [0, 0.05) is 6.61 Å². The van der Waals surface area contributed by atoms with Gasteiger partial charge in [0.1, 0.15) is 0 Å². The van der Waals surface area contributed by atoms with Gasteiger partial charge in [-0.15, -0.1) is 0 Å². The van der Waals surface area contributed by atoms with Crippen LogP contribution in [0.3, 0.4) is 0 Å². The third-order valence-electron chi connectivity index (χ3n) is 5.01. The SMILES string of the molecule is CCOC1(C(N)c2ccc(C)c(C)c2)CCC(C)CC1. The van der Waals surface area contributed by atoms with Gasteiger partial charge in [0.05, 0.1) is 11.6 Å². The van der Waals surface area contributed by atoms with Gasteiger partial charge in [-0.25, -0.2) is 0 Å². The molecule has 0 radical (unpaired) electrons. The molecule has 0 amide bonds. The normalized spacial score (nSPS) is 28.4. The average Bonchev–Trinajstić information content (AvgIpc) is 2.44. The van der Waals surface area contributed by atoms with Gasteiger partial charge in [-0.05, 0) is 69.1 Å². The Morgan fingerprint density at radius 2 is 1.90 bits per heavy atom. The summed E-state index contributed by atoms with van der Waals surface area (Å²) in [7, 11) is 0. The molecule has 20 heavy (non-hydrogen) atoms. The molecule has 112 valence electrons. The van der Waals surface area contributed by atoms with Crippen molar-refractivity contribution in [2.45, 2.75) is 65.0 Å². The maximum absolute atomic E-state index is 6.63. The first-order valence-corrected chi connectivity index (χ1v) is 7.95. The zero-order valence-corrected chi connectivity index (χ0v) is 13.4. The lowest BCUT2D eigenvalue weighted by Crippen LogP contribution is -2.46. The number of benzene rings is 1. The first-order valence-electron chi connectivity index (χ1n) is 7.95. The summed E-state index contributed by atoms with van der Waals surface area (Å²) in [4.78, 5) is 0. The van der Waals surface area contributed by atoms with E-state index in [4.69, 9.17) is 10.5 Å². The van der Waals surface area contributed by atoms with Crippen molar-refractivity contribution in [3.63, 3.8) is 0 Å². The van der Waals surface area contributed by atoms with Crippen LogP contribution in [0.15, 0.2) is 18.2 Å². The smallest absolute Gasteiger partial charge is 0.0874 e. The monoisotopic (exact) mass is 275 g/mol. The molecule has 0 spiro atoms. The largest absolute Gasteiger partial charge is 0.373 e. The molecule has 1 aromatic rings. The molecule has 2 nitrogen and oxygen atoms in total. The van der Waals surface area contributed by atoms with E-state index in [9.17, 15) is 0 Å². The summed E-state index contributed by atoms with van der Waals surface area (Å²) in [6.07, 6.45) is 4.60. The number of ether oxygens (including phenoxy) is 1. The molecule has 1 fully saturated rings. The summed E-state index contributed by atoms with van der Waals surface area (Å²) in [5.41, 5.74) is 10.3. The van der Waals surface area contributed by atoms with Crippen molar-refractivity contribution in [3.05, 3.63) is 34.9 Å². The van der Waals surface area contributed by atoms with E-state index in [1.807, 2.05) is 0 Å². The van der Waals surface area contributed by atoms with Gasteiger partial charge < -0.3 is 10.5 Å². The standard InChI is InChI=1S/C18H29NO/c1-5-20-18(10-8-13(2)9-11-18)17(19)16-7-6-14(3)15(4)12-16/h6-7,12-13,17H,5,8-11,19H2,1-4H3. The predicted octanol–water partition coefficient (Wildman–Crippen LogP) is 4.29. The second-order valence-electron chi connectivity index (χ2n) is 6.50. The second kappa shape index (κ2) is 6.28. The molecular formula is C18H29NO. The number of hydrogen-bond acceptors (Lipinski definition) is 2. The molecule has 1 atom stereocenters. The van der Waals surface area contributed by atoms with E-state index in [-0.39, 0.29) is 11.6 Å². The molecule has 2 rings (SSSR count). The number of rotatable bonds is 4. The average molecular weight is 275 g/mol. The molecule has 1 saturated carbocycles. The molecule has 0 aliphatic heterocycles. The van der Waals surface area contributed by atoms with Crippen LogP contribution in [0.2, 0.25) is 0 Å². The highest BCUT2D eigenvalue weighted by Crippen LogP contribution is 2.42. The summed E-state index contributed by atoms with van der Waals surface area (Å²) in [6, 6.07) is 6.56. The van der Waals surface area contributed by atoms with Crippen molar-refractivity contribution in [2.75, 3.05) is 6.61 Å². The van der Waals surface area contributed by atoms with Gasteiger partial charge in [-0.3, -0.25) is 0 Å². The third-order valence-corrected chi connectivity index (χ3v) is 5.01. The van der Waals surface area contributed by atoms with Crippen LogP contribution in [-0.4, -0.2) is 12.2 Å². The fraction of sp³-hybridized carbons (Fsp3) is 0.667. The molecule has 1 unspecified atom stereocenters. The van der Waals surface area contributed by atoms with Gasteiger partial charge >= 0.3 is 0 Å². The van der Waals surface area contributed by atoms with E-state index in [2.05, 4.69) is 45.9 Å². The number of hydrogen-bond donors (Lipinski definition) is 1. The summed E-state index contributed by atoms with van der Waals surface area (Å²) in [5.74, 6) is 0.801. The van der Waals surface area contributed by atoms with E-state index in [1.54, 1.807) is 0 Å². The highest BCUT2D eigenvalue weighted by Gasteiger charge is 2.41. The van der Waals surface area contributed by atoms with Crippen LogP contribution in [0.4, 0.5) is 0 Å². The Labute approximate surface area is 123 Å². The summed E-state index contributed by atoms with van der Waals surface area (Å²) in [5, 5.41) is 0. The fourth-order valence-corrected chi connectivity index (χ4v) is 3.35. The third kappa shape index (κ3) is 3.07. The zero-order chi connectivity index (χ0) is 14.8. The highest BCUT2D eigenvalue weighted by atomic mass is 16.5. The summed E-state index contributed by atoms with van der Waals surface area (Å²) < 4.78 is 6.18. The van der Waals surface area contributed by atoms with Crippen LogP contribution in [0.25, 0.3) is 0 Å². The fourth-order valence-electron chi connectivity index (χ4n) is 3.35. The molecule has 0 bridgehead atoms. The van der Waals surface area contributed by atoms with Crippen LogP contribution in [0.1, 0.15) is 62.3 Å². The van der Waals surface area contributed by atoms with Crippen LogP contribution in [0.5, 0.6) is 0 Å². The Kier molecular flexibility index (Phi) is 4.87. The lowest BCUT2D eigenvalue weighted by atomic mass is 9.73. The Morgan fingerprint density at radius 3 is 2.45 bits per heavy atom. The Hall–Kier alpha value is -0.860. The quantitative estimate of drug-likeness (QED) is 0.889. The van der Waals surface area contributed by atoms with Gasteiger partial charge in [-0.1, -0.05) is 25.1 Å². The van der Waals surface area contributed by atoms with Crippen molar-refractivity contribution >= 4 is 0 Å². The lowest BCUT2D eigenvalue weighted by Gasteiger charge is -2.43. The molecule has 0 saturated heterocycles. The van der Waals surface area contributed by atoms with Gasteiger partial charge in [0.15, 0.2) is 0 Å². The molecule has 1 aliphatic carbocycles. The van der Waals surface area contributed by atoms with E-state index in [0.29, 0.717) is 0 Å². The van der Waals surface area contributed by atoms with E-state index >= 15 is 0 Å². The topological polar surface area (TPSA) is 35.2 Å². The molecular weight excluding hydrogens is 246 g/mol. The highest BCUT2D eigenvalue weighted by molar-refractivity contribution is 5.33. The van der Waals surface area contributed by atoms with Crippen molar-refractivity contribution in [1.82, 2.24) is 0 Å². The van der Waals surface area contributed by atoms with Gasteiger partial charge in [-0.2, -0.15) is 0 Å². The summed E-state index contributed by atoms with van der Waals surface area (Å²) in [6.45, 7) is 9.45. The van der Waals surface area contributed by atoms with E-state index in [0.717, 1.165) is 25.4 Å². The Morgan fingerprint density at radius 1 is 1.25 bits per heavy atom. The van der Waals surface area contributed by atoms with Gasteiger partial charge in [0.25, 0.3) is 0 Å². The first-order chi connectivity index (χ1) is 9.48. The minimum Gasteiger partial charge on any atom is -0.373 e. The summed E-state index contributed by atoms with van der Waals surface area (Å²) >= 11 is 0. The molecule has 0 aromatic heterocycles. The number of nitrogens with two attached hydrogens (primary N) is 1. The molecule has 1 aliphatic rings. The van der Waals surface area contributed by atoms with Crippen molar-refractivity contribution in [1.29, 1.82) is 0 Å². The predicted molar refractivity (Wildman–Crippen MR) is 84.8 cm³/mol. The van der Waals surface area contributed by atoms with Crippen molar-refractivity contribution < 1.29 is 4.74 Å². The maximum atomic E-state index is 6.63. The number of aryl methyl sites for hydroxylation is 2. The minimum absolute atomic E-state index is 0.0192. The zero-order valence-electron chi connectivity index (χ0n) is 13.4. The van der Waals surface area contributed by atoms with Crippen molar-refractivity contribution in [3.8, 4) is 0 Å². The van der Waals surface area contributed by atoms with Crippen LogP contribution in [-0.2, 0) is 4.74 Å². The van der Waals surface area contributed by atoms with Crippen LogP contribution >= 0.6 is 0 Å². The Bertz CT molecular complexity index is 447. The maximum Gasteiger partial charge on any atom is 0.0874 e. The van der Waals surface area contributed by atoms with Crippen LogP contribution < -0.4 is 5.73 Å². The molecule has 1 aromatic carbocycles. The molecule has 2 heteroatoms. The second-order valence-corrected chi connectivity index (χ2v) is 6.50. The van der Waals surface area contributed by atoms with E-state index < -0.39 is 0 Å². The van der Waals surface area contributed by atoms with E-state index in [1.165, 1.54) is 29.5 Å². The molecule has 0 heterocycles. The van der Waals surface area contributed by atoms with Crippen molar-refractivity contribution in [2.24, 2.45) is 11.7 Å². The van der Waals surface area contributed by atoms with Crippen LogP contribution in [0, 0.1) is 19.8 Å². The Balaban J connectivity index is 2.26. The van der Waals surface area contributed by atoms with Gasteiger partial charge in [0.2, 0.25) is 0 Å².